The lowest BCUT2D eigenvalue weighted by molar-refractivity contribution is -0.126. The van der Waals surface area contributed by atoms with Crippen LogP contribution >= 0.6 is 0 Å². The smallest absolute Gasteiger partial charge is 0.240 e. The summed E-state index contributed by atoms with van der Waals surface area (Å²) in [6.07, 6.45) is 6.81. The second-order valence-electron chi connectivity index (χ2n) is 10.2. The number of anilines is 1. The van der Waals surface area contributed by atoms with E-state index in [0.29, 0.717) is 13.0 Å². The SMILES string of the molecule is CC[C@@H](C)NC(=O)C1CCC(CNS(=O)(=O)c2ccc3c(c2)C[C@@H](C)N3C(=O)C2CC2)CC1. The Balaban J connectivity index is 1.32. The Kier molecular flexibility index (Phi) is 7.15. The summed E-state index contributed by atoms with van der Waals surface area (Å²) in [7, 11) is -3.62. The van der Waals surface area contributed by atoms with Crippen LogP contribution in [0.5, 0.6) is 0 Å². The Morgan fingerprint density at radius 1 is 1.09 bits per heavy atom. The third kappa shape index (κ3) is 5.43. The van der Waals surface area contributed by atoms with Gasteiger partial charge >= 0.3 is 0 Å². The van der Waals surface area contributed by atoms with E-state index >= 15 is 0 Å². The van der Waals surface area contributed by atoms with Crippen molar-refractivity contribution >= 4 is 27.5 Å². The maximum atomic E-state index is 13.0. The summed E-state index contributed by atoms with van der Waals surface area (Å²) in [4.78, 5) is 27.1. The molecule has 2 amide bonds. The second-order valence-corrected chi connectivity index (χ2v) is 12.0. The van der Waals surface area contributed by atoms with Crippen LogP contribution < -0.4 is 14.9 Å². The largest absolute Gasteiger partial charge is 0.353 e. The van der Waals surface area contributed by atoms with Crippen LogP contribution in [0.4, 0.5) is 5.69 Å². The van der Waals surface area contributed by atoms with E-state index in [1.54, 1.807) is 18.2 Å². The van der Waals surface area contributed by atoms with E-state index in [9.17, 15) is 18.0 Å². The van der Waals surface area contributed by atoms with E-state index in [4.69, 9.17) is 0 Å². The number of carbonyl (C=O) groups is 2. The van der Waals surface area contributed by atoms with Gasteiger partial charge in [0.25, 0.3) is 0 Å². The number of fused-ring (bicyclic) bond motifs is 1. The Labute approximate surface area is 197 Å². The van der Waals surface area contributed by atoms with Gasteiger partial charge in [0.2, 0.25) is 21.8 Å². The van der Waals surface area contributed by atoms with E-state index in [0.717, 1.165) is 56.2 Å². The molecule has 182 valence electrons. The topological polar surface area (TPSA) is 95.6 Å². The molecule has 0 unspecified atom stereocenters. The van der Waals surface area contributed by atoms with Crippen molar-refractivity contribution in [2.45, 2.75) is 89.1 Å². The minimum absolute atomic E-state index is 0.0341. The minimum Gasteiger partial charge on any atom is -0.353 e. The number of amides is 2. The predicted molar refractivity (Wildman–Crippen MR) is 128 cm³/mol. The van der Waals surface area contributed by atoms with Crippen molar-refractivity contribution in [3.63, 3.8) is 0 Å². The van der Waals surface area contributed by atoms with E-state index in [1.165, 1.54) is 0 Å². The summed E-state index contributed by atoms with van der Waals surface area (Å²) in [5.74, 6) is 0.716. The highest BCUT2D eigenvalue weighted by atomic mass is 32.2. The standard InChI is InChI=1S/C25H37N3O4S/c1-4-16(2)27-24(29)19-7-5-18(6-8-19)15-26-33(31,32)22-11-12-23-21(14-22)13-17(3)28(23)25(30)20-9-10-20/h11-12,14,16-20,26H,4-10,13,15H2,1-3H3,(H,27,29)/t16-,17-,18?,19?/m1/s1. The van der Waals surface area contributed by atoms with Crippen LogP contribution in [0.2, 0.25) is 0 Å². The van der Waals surface area contributed by atoms with Crippen LogP contribution in [0, 0.1) is 17.8 Å². The molecule has 1 heterocycles. The molecule has 0 spiro atoms. The molecule has 33 heavy (non-hydrogen) atoms. The summed E-state index contributed by atoms with van der Waals surface area (Å²) < 4.78 is 28.7. The average Bonchev–Trinajstić information content (AvgIpc) is 3.59. The predicted octanol–water partition coefficient (Wildman–Crippen LogP) is 3.37. The maximum Gasteiger partial charge on any atom is 0.240 e. The van der Waals surface area contributed by atoms with Gasteiger partial charge in [-0.2, -0.15) is 0 Å². The molecular weight excluding hydrogens is 438 g/mol. The molecule has 1 aromatic rings. The summed E-state index contributed by atoms with van der Waals surface area (Å²) in [5.41, 5.74) is 1.78. The van der Waals surface area contributed by atoms with Crippen LogP contribution in [-0.4, -0.2) is 38.9 Å². The van der Waals surface area contributed by atoms with Crippen molar-refractivity contribution in [2.75, 3.05) is 11.4 Å². The van der Waals surface area contributed by atoms with Gasteiger partial charge < -0.3 is 10.2 Å². The van der Waals surface area contributed by atoms with Gasteiger partial charge in [0, 0.05) is 36.2 Å². The third-order valence-electron chi connectivity index (χ3n) is 7.52. The molecule has 2 aliphatic carbocycles. The van der Waals surface area contributed by atoms with Gasteiger partial charge in [-0.15, -0.1) is 0 Å². The summed E-state index contributed by atoms with van der Waals surface area (Å²) in [6.45, 7) is 6.48. The normalized spacial score (nSPS) is 26.0. The van der Waals surface area contributed by atoms with Gasteiger partial charge in [-0.1, -0.05) is 6.92 Å². The molecule has 2 N–H and O–H groups in total. The summed E-state index contributed by atoms with van der Waals surface area (Å²) in [5, 5.41) is 3.06. The monoisotopic (exact) mass is 475 g/mol. The lowest BCUT2D eigenvalue weighted by Gasteiger charge is -2.28. The Bertz CT molecular complexity index is 997. The highest BCUT2D eigenvalue weighted by Gasteiger charge is 2.39. The van der Waals surface area contributed by atoms with Crippen molar-refractivity contribution in [1.82, 2.24) is 10.0 Å². The highest BCUT2D eigenvalue weighted by Crippen LogP contribution is 2.39. The number of hydrogen-bond donors (Lipinski definition) is 2. The Hall–Kier alpha value is -1.93. The van der Waals surface area contributed by atoms with Crippen molar-refractivity contribution in [3.8, 4) is 0 Å². The van der Waals surface area contributed by atoms with Gasteiger partial charge in [0.1, 0.15) is 0 Å². The molecule has 2 atom stereocenters. The Morgan fingerprint density at radius 3 is 2.39 bits per heavy atom. The fourth-order valence-electron chi connectivity index (χ4n) is 5.04. The molecule has 0 saturated heterocycles. The highest BCUT2D eigenvalue weighted by molar-refractivity contribution is 7.89. The summed E-state index contributed by atoms with van der Waals surface area (Å²) in [6, 6.07) is 5.38. The summed E-state index contributed by atoms with van der Waals surface area (Å²) >= 11 is 0. The molecule has 0 bridgehead atoms. The van der Waals surface area contributed by atoms with Gasteiger partial charge in [0.15, 0.2) is 0 Å². The van der Waals surface area contributed by atoms with Crippen LogP contribution in [-0.2, 0) is 26.0 Å². The quantitative estimate of drug-likeness (QED) is 0.603. The van der Waals surface area contributed by atoms with Crippen LogP contribution in [0.3, 0.4) is 0 Å². The number of nitrogens with one attached hydrogen (secondary N) is 2. The lowest BCUT2D eigenvalue weighted by atomic mass is 9.81. The molecule has 1 aliphatic heterocycles. The van der Waals surface area contributed by atoms with E-state index in [1.807, 2.05) is 18.7 Å². The first-order valence-corrected chi connectivity index (χ1v) is 13.9. The van der Waals surface area contributed by atoms with Crippen LogP contribution in [0.25, 0.3) is 0 Å². The van der Waals surface area contributed by atoms with E-state index in [-0.39, 0.29) is 46.5 Å². The Morgan fingerprint density at radius 2 is 1.76 bits per heavy atom. The fourth-order valence-corrected chi connectivity index (χ4v) is 6.21. The third-order valence-corrected chi connectivity index (χ3v) is 8.94. The fraction of sp³-hybridized carbons (Fsp3) is 0.680. The number of benzene rings is 1. The molecule has 0 radical (unpaired) electrons. The molecule has 4 rings (SSSR count). The first-order chi connectivity index (χ1) is 15.7. The van der Waals surface area contributed by atoms with Crippen LogP contribution in [0.15, 0.2) is 23.1 Å². The lowest BCUT2D eigenvalue weighted by Crippen LogP contribution is -2.39. The number of carbonyl (C=O) groups excluding carboxylic acids is 2. The van der Waals surface area contributed by atoms with Crippen molar-refractivity contribution in [3.05, 3.63) is 23.8 Å². The van der Waals surface area contributed by atoms with E-state index in [2.05, 4.69) is 17.0 Å². The molecule has 7 nitrogen and oxygen atoms in total. The molecule has 0 aromatic heterocycles. The first-order valence-electron chi connectivity index (χ1n) is 12.5. The second kappa shape index (κ2) is 9.74. The zero-order valence-corrected chi connectivity index (χ0v) is 20.8. The number of nitrogens with zero attached hydrogens (tertiary/aromatic N) is 1. The number of sulfonamides is 1. The average molecular weight is 476 g/mol. The van der Waals surface area contributed by atoms with E-state index < -0.39 is 10.0 Å². The molecule has 3 aliphatic rings. The van der Waals surface area contributed by atoms with Crippen LogP contribution in [0.1, 0.15) is 71.3 Å². The van der Waals surface area contributed by atoms with Crippen molar-refractivity contribution in [2.24, 2.45) is 17.8 Å². The van der Waals surface area contributed by atoms with Gasteiger partial charge in [-0.25, -0.2) is 13.1 Å². The van der Waals surface area contributed by atoms with Gasteiger partial charge in [-0.05, 0) is 94.9 Å². The molecule has 8 heteroatoms. The molecule has 2 fully saturated rings. The van der Waals surface area contributed by atoms with Gasteiger partial charge in [0.05, 0.1) is 4.90 Å². The number of rotatable bonds is 8. The zero-order chi connectivity index (χ0) is 23.8. The molecule has 2 saturated carbocycles. The number of hydrogen-bond acceptors (Lipinski definition) is 4. The first kappa shape index (κ1) is 24.2. The molecule has 1 aromatic carbocycles. The molecular formula is C25H37N3O4S. The minimum atomic E-state index is -3.62. The van der Waals surface area contributed by atoms with Crippen molar-refractivity contribution < 1.29 is 18.0 Å². The zero-order valence-electron chi connectivity index (χ0n) is 20.0. The maximum absolute atomic E-state index is 13.0. The van der Waals surface area contributed by atoms with Crippen molar-refractivity contribution in [1.29, 1.82) is 0 Å². The van der Waals surface area contributed by atoms with Gasteiger partial charge in [-0.3, -0.25) is 9.59 Å².